The zero-order chi connectivity index (χ0) is 15.7. The number of aliphatic carboxylic acids is 1. The van der Waals surface area contributed by atoms with Gasteiger partial charge >= 0.3 is 5.97 Å². The lowest BCUT2D eigenvalue weighted by Gasteiger charge is -2.16. The molecule has 0 spiro atoms. The highest BCUT2D eigenvalue weighted by molar-refractivity contribution is 5.78. The maximum atomic E-state index is 11.8. The van der Waals surface area contributed by atoms with Gasteiger partial charge in [-0.25, -0.2) is 0 Å². The van der Waals surface area contributed by atoms with Crippen molar-refractivity contribution in [1.82, 2.24) is 10.2 Å². The van der Waals surface area contributed by atoms with Crippen LogP contribution in [-0.2, 0) is 16.1 Å². The van der Waals surface area contributed by atoms with Crippen LogP contribution in [0, 0.1) is 0 Å². The van der Waals surface area contributed by atoms with Crippen LogP contribution in [0.5, 0.6) is 5.75 Å². The van der Waals surface area contributed by atoms with Crippen molar-refractivity contribution < 1.29 is 19.4 Å². The van der Waals surface area contributed by atoms with Crippen LogP contribution in [0.3, 0.4) is 0 Å². The lowest BCUT2D eigenvalue weighted by atomic mass is 10.2. The number of carboxylic acid groups (broad SMARTS) is 1. The fraction of sp³-hybridized carbons (Fsp3) is 0.467. The summed E-state index contributed by atoms with van der Waals surface area (Å²) in [6.45, 7) is 1.23. The third kappa shape index (κ3) is 6.76. The zero-order valence-corrected chi connectivity index (χ0v) is 12.5. The normalized spacial score (nSPS) is 10.4. The molecule has 0 saturated carbocycles. The smallest absolute Gasteiger partial charge is 0.303 e. The van der Waals surface area contributed by atoms with E-state index in [4.69, 9.17) is 9.84 Å². The molecule has 1 rings (SSSR count). The molecule has 6 nitrogen and oxygen atoms in total. The maximum Gasteiger partial charge on any atom is 0.303 e. The van der Waals surface area contributed by atoms with Crippen molar-refractivity contribution in [3.05, 3.63) is 29.8 Å². The van der Waals surface area contributed by atoms with Crippen LogP contribution >= 0.6 is 0 Å². The Bertz CT molecular complexity index is 476. The topological polar surface area (TPSA) is 78.9 Å². The number of para-hydroxylation sites is 1. The molecule has 0 aliphatic carbocycles. The highest BCUT2D eigenvalue weighted by Crippen LogP contribution is 2.16. The van der Waals surface area contributed by atoms with Gasteiger partial charge in [-0.3, -0.25) is 14.5 Å². The van der Waals surface area contributed by atoms with Crippen LogP contribution in [0.1, 0.15) is 18.4 Å². The van der Waals surface area contributed by atoms with Crippen molar-refractivity contribution in [1.29, 1.82) is 0 Å². The number of ether oxygens (including phenoxy) is 1. The van der Waals surface area contributed by atoms with Gasteiger partial charge in [0.05, 0.1) is 13.7 Å². The average Bonchev–Trinajstić information content (AvgIpc) is 2.45. The lowest BCUT2D eigenvalue weighted by molar-refractivity contribution is -0.137. The average molecular weight is 294 g/mol. The minimum atomic E-state index is -0.816. The van der Waals surface area contributed by atoms with Crippen molar-refractivity contribution in [2.24, 2.45) is 0 Å². The third-order valence-electron chi connectivity index (χ3n) is 3.01. The predicted molar refractivity (Wildman–Crippen MR) is 79.2 cm³/mol. The molecule has 2 N–H and O–H groups in total. The number of hydrogen-bond acceptors (Lipinski definition) is 4. The molecular weight excluding hydrogens is 272 g/mol. The van der Waals surface area contributed by atoms with Gasteiger partial charge in [0.25, 0.3) is 0 Å². The quantitative estimate of drug-likeness (QED) is 0.713. The first-order valence-corrected chi connectivity index (χ1v) is 6.82. The number of hydrogen-bond donors (Lipinski definition) is 2. The number of carbonyl (C=O) groups excluding carboxylic acids is 1. The first-order valence-electron chi connectivity index (χ1n) is 6.82. The van der Waals surface area contributed by atoms with Crippen LogP contribution in [0.2, 0.25) is 0 Å². The van der Waals surface area contributed by atoms with E-state index >= 15 is 0 Å². The monoisotopic (exact) mass is 294 g/mol. The fourth-order valence-corrected chi connectivity index (χ4v) is 1.92. The molecule has 0 aromatic heterocycles. The molecule has 0 heterocycles. The number of carbonyl (C=O) groups is 2. The van der Waals surface area contributed by atoms with Crippen LogP contribution in [0.15, 0.2) is 24.3 Å². The van der Waals surface area contributed by atoms with Gasteiger partial charge in [-0.2, -0.15) is 0 Å². The number of nitrogens with one attached hydrogen (secondary N) is 1. The minimum absolute atomic E-state index is 0.0984. The molecule has 1 aromatic rings. The summed E-state index contributed by atoms with van der Waals surface area (Å²) < 4.78 is 5.22. The summed E-state index contributed by atoms with van der Waals surface area (Å²) in [6, 6.07) is 7.51. The molecule has 0 fully saturated rings. The first kappa shape index (κ1) is 17.0. The van der Waals surface area contributed by atoms with E-state index in [0.717, 1.165) is 11.3 Å². The summed E-state index contributed by atoms with van der Waals surface area (Å²) in [6.07, 6.45) is 0.652. The number of rotatable bonds is 9. The van der Waals surface area contributed by atoms with Crippen molar-refractivity contribution in [3.8, 4) is 5.75 Å². The summed E-state index contributed by atoms with van der Waals surface area (Å²) in [7, 11) is 3.39. The molecule has 1 amide bonds. The SMILES string of the molecule is COc1ccccc1CNC(=O)CN(C)CCCC(=O)O. The van der Waals surface area contributed by atoms with E-state index in [2.05, 4.69) is 5.32 Å². The van der Waals surface area contributed by atoms with Crippen molar-refractivity contribution in [2.75, 3.05) is 27.2 Å². The highest BCUT2D eigenvalue weighted by Gasteiger charge is 2.08. The number of benzene rings is 1. The van der Waals surface area contributed by atoms with Crippen molar-refractivity contribution in [3.63, 3.8) is 0 Å². The molecular formula is C15H22N2O4. The number of methoxy groups -OCH3 is 1. The number of likely N-dealkylation sites (N-methyl/N-ethyl adjacent to an activating group) is 1. The minimum Gasteiger partial charge on any atom is -0.496 e. The lowest BCUT2D eigenvalue weighted by Crippen LogP contribution is -2.35. The number of carboxylic acids is 1. The molecule has 21 heavy (non-hydrogen) atoms. The van der Waals surface area contributed by atoms with Gasteiger partial charge < -0.3 is 15.2 Å². The van der Waals surface area contributed by atoms with Gasteiger partial charge in [-0.05, 0) is 26.1 Å². The number of amides is 1. The summed E-state index contributed by atoms with van der Waals surface area (Å²) in [5.74, 6) is -0.171. The highest BCUT2D eigenvalue weighted by atomic mass is 16.5. The molecule has 0 aliphatic heterocycles. The number of nitrogens with zero attached hydrogens (tertiary/aromatic N) is 1. The molecule has 6 heteroatoms. The first-order chi connectivity index (χ1) is 10.0. The van der Waals surface area contributed by atoms with E-state index in [-0.39, 0.29) is 18.9 Å². The van der Waals surface area contributed by atoms with E-state index in [1.807, 2.05) is 24.3 Å². The zero-order valence-electron chi connectivity index (χ0n) is 12.5. The maximum absolute atomic E-state index is 11.8. The third-order valence-corrected chi connectivity index (χ3v) is 3.01. The molecule has 0 unspecified atom stereocenters. The van der Waals surface area contributed by atoms with Crippen LogP contribution in [0.25, 0.3) is 0 Å². The van der Waals surface area contributed by atoms with Gasteiger partial charge in [0.15, 0.2) is 0 Å². The molecule has 0 saturated heterocycles. The van der Waals surface area contributed by atoms with Gasteiger partial charge in [-0.15, -0.1) is 0 Å². The summed E-state index contributed by atoms with van der Waals surface area (Å²) in [4.78, 5) is 24.0. The van der Waals surface area contributed by atoms with E-state index in [0.29, 0.717) is 19.5 Å². The molecule has 0 atom stereocenters. The Morgan fingerprint density at radius 2 is 2.05 bits per heavy atom. The fourth-order valence-electron chi connectivity index (χ4n) is 1.92. The summed E-state index contributed by atoms with van der Waals surface area (Å²) in [5, 5.41) is 11.4. The van der Waals surface area contributed by atoms with Gasteiger partial charge in [0.1, 0.15) is 5.75 Å². The Kier molecular flexibility index (Phi) is 7.25. The Hall–Kier alpha value is -2.08. The van der Waals surface area contributed by atoms with Gasteiger partial charge in [0, 0.05) is 18.5 Å². The second-order valence-corrected chi connectivity index (χ2v) is 4.82. The molecule has 1 aromatic carbocycles. The van der Waals surface area contributed by atoms with Crippen LogP contribution in [-0.4, -0.2) is 49.1 Å². The van der Waals surface area contributed by atoms with E-state index < -0.39 is 5.97 Å². The second-order valence-electron chi connectivity index (χ2n) is 4.82. The Morgan fingerprint density at radius 1 is 1.33 bits per heavy atom. The van der Waals surface area contributed by atoms with Crippen LogP contribution < -0.4 is 10.1 Å². The Morgan fingerprint density at radius 3 is 2.71 bits per heavy atom. The standard InChI is InChI=1S/C15H22N2O4/c1-17(9-5-8-15(19)20)11-14(18)16-10-12-6-3-4-7-13(12)21-2/h3-4,6-7H,5,8-11H2,1-2H3,(H,16,18)(H,19,20). The van der Waals surface area contributed by atoms with E-state index in [1.54, 1.807) is 19.1 Å². The molecule has 0 aliphatic rings. The summed E-state index contributed by atoms with van der Waals surface area (Å²) in [5.41, 5.74) is 0.918. The van der Waals surface area contributed by atoms with Gasteiger partial charge in [0.2, 0.25) is 5.91 Å². The molecule has 0 radical (unpaired) electrons. The van der Waals surface area contributed by atoms with Crippen molar-refractivity contribution >= 4 is 11.9 Å². The second kappa shape index (κ2) is 8.97. The Balaban J connectivity index is 2.32. The predicted octanol–water partition coefficient (Wildman–Crippen LogP) is 1.11. The summed E-state index contributed by atoms with van der Waals surface area (Å²) >= 11 is 0. The largest absolute Gasteiger partial charge is 0.496 e. The van der Waals surface area contributed by atoms with E-state index in [1.165, 1.54) is 0 Å². The molecule has 116 valence electrons. The van der Waals surface area contributed by atoms with Crippen LogP contribution in [0.4, 0.5) is 0 Å². The Labute approximate surface area is 124 Å². The van der Waals surface area contributed by atoms with Crippen molar-refractivity contribution in [2.45, 2.75) is 19.4 Å². The molecule has 0 bridgehead atoms. The van der Waals surface area contributed by atoms with E-state index in [9.17, 15) is 9.59 Å². The van der Waals surface area contributed by atoms with Gasteiger partial charge in [-0.1, -0.05) is 18.2 Å².